The average Bonchev–Trinajstić information content (AvgIpc) is 2.01. The Labute approximate surface area is 79.6 Å². The van der Waals surface area contributed by atoms with Crippen molar-refractivity contribution in [3.63, 3.8) is 0 Å². The molecule has 1 aromatic heterocycles. The van der Waals surface area contributed by atoms with Gasteiger partial charge in [0.1, 0.15) is 0 Å². The zero-order valence-corrected chi connectivity index (χ0v) is 8.76. The van der Waals surface area contributed by atoms with Crippen LogP contribution in [0.1, 0.15) is 37.5 Å². The molecule has 0 fully saturated rings. The Morgan fingerprint density at radius 3 is 2.31 bits per heavy atom. The molecule has 0 aliphatic rings. The highest BCUT2D eigenvalue weighted by molar-refractivity contribution is 5.36. The predicted molar refractivity (Wildman–Crippen MR) is 53.6 cm³/mol. The van der Waals surface area contributed by atoms with Crippen LogP contribution in [0, 0.1) is 6.92 Å². The van der Waals surface area contributed by atoms with Gasteiger partial charge in [0.2, 0.25) is 0 Å². The molecule has 1 aromatic rings. The second kappa shape index (κ2) is 3.46. The Bertz CT molecular complexity index is 299. The molecule has 0 saturated carbocycles. The lowest BCUT2D eigenvalue weighted by molar-refractivity contribution is 0.278. The monoisotopic (exact) mass is 179 g/mol. The molecular weight excluding hydrogens is 162 g/mol. The van der Waals surface area contributed by atoms with Crippen molar-refractivity contribution in [1.82, 2.24) is 4.98 Å². The van der Waals surface area contributed by atoms with Crippen LogP contribution in [-0.4, -0.2) is 10.1 Å². The Morgan fingerprint density at radius 1 is 1.31 bits per heavy atom. The topological polar surface area (TPSA) is 33.1 Å². The summed E-state index contributed by atoms with van der Waals surface area (Å²) in [6.07, 6.45) is 3.59. The van der Waals surface area contributed by atoms with E-state index in [1.807, 2.05) is 13.1 Å². The number of hydrogen-bond donors (Lipinski definition) is 1. The van der Waals surface area contributed by atoms with Gasteiger partial charge in [-0.3, -0.25) is 4.98 Å². The average molecular weight is 179 g/mol. The zero-order valence-electron chi connectivity index (χ0n) is 8.76. The van der Waals surface area contributed by atoms with E-state index in [0.717, 1.165) is 11.1 Å². The van der Waals surface area contributed by atoms with E-state index < -0.39 is 0 Å². The fourth-order valence-corrected chi connectivity index (χ4v) is 1.81. The molecular formula is C11H17NO. The highest BCUT2D eigenvalue weighted by Crippen LogP contribution is 2.28. The summed E-state index contributed by atoms with van der Waals surface area (Å²) in [5.41, 5.74) is 3.38. The third-order valence-electron chi connectivity index (χ3n) is 2.13. The van der Waals surface area contributed by atoms with Gasteiger partial charge >= 0.3 is 0 Å². The van der Waals surface area contributed by atoms with E-state index in [0.29, 0.717) is 0 Å². The lowest BCUT2D eigenvalue weighted by Gasteiger charge is -2.24. The van der Waals surface area contributed by atoms with Gasteiger partial charge in [-0.15, -0.1) is 0 Å². The van der Waals surface area contributed by atoms with Crippen LogP contribution in [0.4, 0.5) is 0 Å². The smallest absolute Gasteiger partial charge is 0.0699 e. The Kier molecular flexibility index (Phi) is 2.71. The van der Waals surface area contributed by atoms with Gasteiger partial charge in [-0.05, 0) is 29.0 Å². The standard InChI is InChI=1S/C11H17NO/c1-8-5-12-6-9(7-13)10(8)11(2,3)4/h5-6,13H,7H2,1-4H3. The van der Waals surface area contributed by atoms with Crippen molar-refractivity contribution in [3.05, 3.63) is 29.1 Å². The van der Waals surface area contributed by atoms with Crippen molar-refractivity contribution >= 4 is 0 Å². The number of pyridine rings is 1. The van der Waals surface area contributed by atoms with Gasteiger partial charge in [0, 0.05) is 12.4 Å². The molecule has 0 unspecified atom stereocenters. The van der Waals surface area contributed by atoms with Gasteiger partial charge in [-0.1, -0.05) is 20.8 Å². The first-order chi connectivity index (χ1) is 5.96. The fourth-order valence-electron chi connectivity index (χ4n) is 1.81. The number of hydrogen-bond acceptors (Lipinski definition) is 2. The Balaban J connectivity index is 3.32. The summed E-state index contributed by atoms with van der Waals surface area (Å²) in [5, 5.41) is 9.17. The van der Waals surface area contributed by atoms with Crippen LogP contribution >= 0.6 is 0 Å². The minimum absolute atomic E-state index is 0.0707. The van der Waals surface area contributed by atoms with Crippen LogP contribution in [0.2, 0.25) is 0 Å². The van der Waals surface area contributed by atoms with Gasteiger partial charge in [-0.25, -0.2) is 0 Å². The maximum Gasteiger partial charge on any atom is 0.0699 e. The third-order valence-corrected chi connectivity index (χ3v) is 2.13. The number of aliphatic hydroxyl groups excluding tert-OH is 1. The van der Waals surface area contributed by atoms with Gasteiger partial charge in [0.25, 0.3) is 0 Å². The molecule has 0 aliphatic carbocycles. The molecule has 2 nitrogen and oxygen atoms in total. The summed E-state index contributed by atoms with van der Waals surface area (Å²) in [7, 11) is 0. The van der Waals surface area contributed by atoms with Crippen molar-refractivity contribution in [2.24, 2.45) is 0 Å². The summed E-state index contributed by atoms with van der Waals surface area (Å²) >= 11 is 0. The number of nitrogens with zero attached hydrogens (tertiary/aromatic N) is 1. The molecule has 0 bridgehead atoms. The molecule has 0 aliphatic heterocycles. The summed E-state index contributed by atoms with van der Waals surface area (Å²) < 4.78 is 0. The molecule has 1 heterocycles. The number of rotatable bonds is 1. The van der Waals surface area contributed by atoms with Crippen molar-refractivity contribution in [1.29, 1.82) is 0 Å². The molecule has 0 saturated heterocycles. The van der Waals surface area contributed by atoms with E-state index in [-0.39, 0.29) is 12.0 Å². The van der Waals surface area contributed by atoms with Crippen molar-refractivity contribution in [3.8, 4) is 0 Å². The quantitative estimate of drug-likeness (QED) is 0.716. The minimum Gasteiger partial charge on any atom is -0.392 e. The van der Waals surface area contributed by atoms with E-state index in [9.17, 15) is 0 Å². The summed E-state index contributed by atoms with van der Waals surface area (Å²) in [4.78, 5) is 4.07. The summed E-state index contributed by atoms with van der Waals surface area (Å²) in [5.74, 6) is 0. The van der Waals surface area contributed by atoms with Gasteiger partial charge in [0.05, 0.1) is 6.61 Å². The SMILES string of the molecule is Cc1cncc(CO)c1C(C)(C)C. The maximum absolute atomic E-state index is 9.17. The van der Waals surface area contributed by atoms with Crippen LogP contribution in [0.5, 0.6) is 0 Å². The first-order valence-electron chi connectivity index (χ1n) is 4.51. The molecule has 1 rings (SSSR count). The normalized spacial score (nSPS) is 11.8. The molecule has 13 heavy (non-hydrogen) atoms. The van der Waals surface area contributed by atoms with E-state index in [4.69, 9.17) is 5.11 Å². The van der Waals surface area contributed by atoms with Crippen molar-refractivity contribution in [2.45, 2.75) is 39.7 Å². The van der Waals surface area contributed by atoms with Crippen LogP contribution < -0.4 is 0 Å². The maximum atomic E-state index is 9.17. The zero-order chi connectivity index (χ0) is 10.1. The lowest BCUT2D eigenvalue weighted by Crippen LogP contribution is -2.16. The Hall–Kier alpha value is -0.890. The molecule has 0 spiro atoms. The molecule has 0 atom stereocenters. The molecule has 0 amide bonds. The first kappa shape index (κ1) is 10.2. The molecule has 1 N–H and O–H groups in total. The van der Waals surface area contributed by atoms with E-state index in [1.165, 1.54) is 5.56 Å². The van der Waals surface area contributed by atoms with Crippen molar-refractivity contribution < 1.29 is 5.11 Å². The van der Waals surface area contributed by atoms with Gasteiger partial charge < -0.3 is 5.11 Å². The first-order valence-corrected chi connectivity index (χ1v) is 4.51. The molecule has 72 valence electrons. The van der Waals surface area contributed by atoms with Crippen LogP contribution in [0.15, 0.2) is 12.4 Å². The highest BCUT2D eigenvalue weighted by Gasteiger charge is 2.19. The van der Waals surface area contributed by atoms with Crippen LogP contribution in [0.25, 0.3) is 0 Å². The molecule has 2 heteroatoms. The third kappa shape index (κ3) is 2.07. The molecule has 0 aromatic carbocycles. The summed E-state index contributed by atoms with van der Waals surface area (Å²) in [6.45, 7) is 8.55. The van der Waals surface area contributed by atoms with Gasteiger partial charge in [0.15, 0.2) is 0 Å². The van der Waals surface area contributed by atoms with E-state index in [2.05, 4.69) is 25.8 Å². The second-order valence-corrected chi connectivity index (χ2v) is 4.40. The number of aromatic nitrogens is 1. The van der Waals surface area contributed by atoms with E-state index >= 15 is 0 Å². The number of aliphatic hydroxyl groups is 1. The van der Waals surface area contributed by atoms with Crippen LogP contribution in [-0.2, 0) is 12.0 Å². The molecule has 0 radical (unpaired) electrons. The Morgan fingerprint density at radius 2 is 1.92 bits per heavy atom. The van der Waals surface area contributed by atoms with Crippen LogP contribution in [0.3, 0.4) is 0 Å². The second-order valence-electron chi connectivity index (χ2n) is 4.40. The predicted octanol–water partition coefficient (Wildman–Crippen LogP) is 2.18. The number of aryl methyl sites for hydroxylation is 1. The van der Waals surface area contributed by atoms with Gasteiger partial charge in [-0.2, -0.15) is 0 Å². The van der Waals surface area contributed by atoms with Crippen molar-refractivity contribution in [2.75, 3.05) is 0 Å². The largest absolute Gasteiger partial charge is 0.392 e. The minimum atomic E-state index is 0.0707. The highest BCUT2D eigenvalue weighted by atomic mass is 16.3. The summed E-state index contributed by atoms with van der Waals surface area (Å²) in [6, 6.07) is 0. The lowest BCUT2D eigenvalue weighted by atomic mass is 9.82. The fraction of sp³-hybridized carbons (Fsp3) is 0.545. The van der Waals surface area contributed by atoms with E-state index in [1.54, 1.807) is 6.20 Å².